The Morgan fingerprint density at radius 3 is 2.41 bits per heavy atom. The second-order valence-corrected chi connectivity index (χ2v) is 11.5. The van der Waals surface area contributed by atoms with E-state index in [1.54, 1.807) is 18.2 Å². The molecule has 4 rings (SSSR count). The van der Waals surface area contributed by atoms with Crippen molar-refractivity contribution in [2.24, 2.45) is 5.92 Å². The number of nitrogens with zero attached hydrogens (tertiary/aromatic N) is 2. The Bertz CT molecular complexity index is 1390. The van der Waals surface area contributed by atoms with Crippen molar-refractivity contribution >= 4 is 26.4 Å². The molecule has 0 N–H and O–H groups in total. The quantitative estimate of drug-likeness (QED) is 0.455. The molecule has 0 atom stereocenters. The number of anilines is 1. The van der Waals surface area contributed by atoms with E-state index in [4.69, 9.17) is 0 Å². The minimum atomic E-state index is -4.06. The molecule has 1 aliphatic heterocycles. The van der Waals surface area contributed by atoms with Crippen LogP contribution in [0.3, 0.4) is 0 Å². The van der Waals surface area contributed by atoms with Gasteiger partial charge in [0, 0.05) is 25.8 Å². The van der Waals surface area contributed by atoms with Crippen LogP contribution in [0.4, 0.5) is 10.1 Å². The zero-order valence-corrected chi connectivity index (χ0v) is 21.2. The number of hydrogen-bond donors (Lipinski definition) is 0. The van der Waals surface area contributed by atoms with E-state index in [0.717, 1.165) is 49.9 Å². The third kappa shape index (κ3) is 4.50. The van der Waals surface area contributed by atoms with E-state index in [1.165, 1.54) is 18.3 Å². The van der Waals surface area contributed by atoms with Crippen LogP contribution < -0.4 is 10.3 Å². The smallest absolute Gasteiger partial charge is 0.211 e. The molecule has 0 radical (unpaired) electrons. The molecule has 0 saturated carbocycles. The number of pyridine rings is 1. The Morgan fingerprint density at radius 1 is 1.06 bits per heavy atom. The molecular weight excluding hydrogens is 451 g/mol. The van der Waals surface area contributed by atoms with Crippen molar-refractivity contribution < 1.29 is 12.8 Å². The van der Waals surface area contributed by atoms with E-state index in [9.17, 15) is 13.2 Å². The first-order chi connectivity index (χ1) is 16.1. The van der Waals surface area contributed by atoms with Crippen molar-refractivity contribution in [3.63, 3.8) is 0 Å². The van der Waals surface area contributed by atoms with Crippen LogP contribution in [0, 0.1) is 25.6 Å². The highest BCUT2D eigenvalue weighted by molar-refractivity contribution is 7.91. The van der Waals surface area contributed by atoms with Gasteiger partial charge in [0.05, 0.1) is 21.5 Å². The number of benzene rings is 2. The molecule has 1 fully saturated rings. The van der Waals surface area contributed by atoms with Gasteiger partial charge in [-0.05, 0) is 74.4 Å². The molecule has 0 amide bonds. The molecule has 5 nitrogen and oxygen atoms in total. The molecular formula is C27H33FN2O3S. The first-order valence-electron chi connectivity index (χ1n) is 12.1. The first kappa shape index (κ1) is 24.5. The first-order valence-corrected chi connectivity index (χ1v) is 13.6. The summed E-state index contributed by atoms with van der Waals surface area (Å²) in [6.07, 6.45) is 5.16. The normalized spacial score (nSPS) is 15.3. The molecule has 3 aromatic rings. The van der Waals surface area contributed by atoms with Crippen LogP contribution in [0.1, 0.15) is 50.7 Å². The van der Waals surface area contributed by atoms with E-state index in [1.807, 2.05) is 23.3 Å². The fraction of sp³-hybridized carbons (Fsp3) is 0.444. The molecule has 7 heteroatoms. The van der Waals surface area contributed by atoms with Crippen LogP contribution in [0.25, 0.3) is 10.9 Å². The Labute approximate surface area is 201 Å². The number of unbranched alkanes of at least 4 members (excludes halogenated alkanes) is 1. The molecule has 1 aromatic heterocycles. The van der Waals surface area contributed by atoms with E-state index < -0.39 is 21.1 Å². The zero-order valence-electron chi connectivity index (χ0n) is 20.4. The fourth-order valence-electron chi connectivity index (χ4n) is 4.58. The fourth-order valence-corrected chi connectivity index (χ4v) is 6.03. The van der Waals surface area contributed by atoms with E-state index in [2.05, 4.69) is 13.8 Å². The Hall–Kier alpha value is -2.67. The Morgan fingerprint density at radius 2 is 1.76 bits per heavy atom. The summed E-state index contributed by atoms with van der Waals surface area (Å²) in [5.74, 6) is 0.127. The predicted molar refractivity (Wildman–Crippen MR) is 135 cm³/mol. The number of halogens is 1. The van der Waals surface area contributed by atoms with Crippen LogP contribution >= 0.6 is 0 Å². The second kappa shape index (κ2) is 9.53. The summed E-state index contributed by atoms with van der Waals surface area (Å²) in [5.41, 5.74) is 2.21. The number of fused-ring (bicyclic) bond motifs is 1. The number of hydrogen-bond acceptors (Lipinski definition) is 4. The van der Waals surface area contributed by atoms with Gasteiger partial charge >= 0.3 is 0 Å². The Kier molecular flexibility index (Phi) is 6.85. The van der Waals surface area contributed by atoms with Crippen molar-refractivity contribution in [3.8, 4) is 0 Å². The molecule has 1 saturated heterocycles. The molecule has 34 heavy (non-hydrogen) atoms. The lowest BCUT2D eigenvalue weighted by molar-refractivity contribution is 0.434. The van der Waals surface area contributed by atoms with Crippen LogP contribution in [0.5, 0.6) is 0 Å². The molecule has 0 spiro atoms. The average molecular weight is 485 g/mol. The standard InChI is InChI=1S/C27H33FN2O3S/c1-5-6-11-30-17-26(34(32,33)21-8-7-19(3)20(4)14-21)27(31)22-15-23(28)25(16-24(22)30)29-12-9-18(2)10-13-29/h7-8,14-18H,5-6,9-13H2,1-4H3. The van der Waals surface area contributed by atoms with Gasteiger partial charge in [-0.3, -0.25) is 4.79 Å². The number of sulfone groups is 1. The monoisotopic (exact) mass is 484 g/mol. The summed E-state index contributed by atoms with van der Waals surface area (Å²) in [7, 11) is -4.06. The summed E-state index contributed by atoms with van der Waals surface area (Å²) in [6.45, 7) is 10.1. The largest absolute Gasteiger partial charge is 0.369 e. The van der Waals surface area contributed by atoms with E-state index in [0.29, 0.717) is 23.7 Å². The van der Waals surface area contributed by atoms with Crippen LogP contribution in [-0.2, 0) is 16.4 Å². The van der Waals surface area contributed by atoms with Gasteiger partial charge in [-0.1, -0.05) is 26.3 Å². The maximum atomic E-state index is 15.3. The van der Waals surface area contributed by atoms with Crippen LogP contribution in [0.15, 0.2) is 51.1 Å². The van der Waals surface area contributed by atoms with E-state index >= 15 is 4.39 Å². The summed E-state index contributed by atoms with van der Waals surface area (Å²) < 4.78 is 44.1. The molecule has 0 aliphatic carbocycles. The summed E-state index contributed by atoms with van der Waals surface area (Å²) >= 11 is 0. The van der Waals surface area contributed by atoms with Crippen molar-refractivity contribution in [1.82, 2.24) is 4.57 Å². The maximum absolute atomic E-state index is 15.3. The summed E-state index contributed by atoms with van der Waals surface area (Å²) in [6, 6.07) is 7.81. The van der Waals surface area contributed by atoms with Gasteiger partial charge in [0.25, 0.3) is 0 Å². The maximum Gasteiger partial charge on any atom is 0.211 e. The SMILES string of the molecule is CCCCn1cc(S(=O)(=O)c2ccc(C)c(C)c2)c(=O)c2cc(F)c(N3CCC(C)CC3)cc21. The number of piperidine rings is 1. The lowest BCUT2D eigenvalue weighted by atomic mass is 9.98. The minimum Gasteiger partial charge on any atom is -0.369 e. The molecule has 0 bridgehead atoms. The van der Waals surface area contributed by atoms with Crippen molar-refractivity contribution in [1.29, 1.82) is 0 Å². The molecule has 182 valence electrons. The minimum absolute atomic E-state index is 0.0774. The summed E-state index contributed by atoms with van der Waals surface area (Å²) in [4.78, 5) is 15.2. The summed E-state index contributed by atoms with van der Waals surface area (Å²) in [5, 5.41) is 0.104. The van der Waals surface area contributed by atoms with Gasteiger partial charge in [0.2, 0.25) is 15.3 Å². The lowest BCUT2D eigenvalue weighted by Crippen LogP contribution is -2.33. The van der Waals surface area contributed by atoms with Gasteiger partial charge in [0.1, 0.15) is 10.7 Å². The van der Waals surface area contributed by atoms with Gasteiger partial charge in [-0.2, -0.15) is 0 Å². The highest BCUT2D eigenvalue weighted by Crippen LogP contribution is 2.30. The average Bonchev–Trinajstić information content (AvgIpc) is 2.81. The third-order valence-corrected chi connectivity index (χ3v) is 8.82. The van der Waals surface area contributed by atoms with Gasteiger partial charge < -0.3 is 9.47 Å². The third-order valence-electron chi connectivity index (χ3n) is 7.07. The molecule has 0 unspecified atom stereocenters. The van der Waals surface area contributed by atoms with Crippen LogP contribution in [0.2, 0.25) is 0 Å². The molecule has 2 aromatic carbocycles. The number of rotatable bonds is 6. The van der Waals surface area contributed by atoms with Crippen molar-refractivity contribution in [2.45, 2.75) is 69.7 Å². The highest BCUT2D eigenvalue weighted by atomic mass is 32.2. The number of aryl methyl sites for hydroxylation is 3. The van der Waals surface area contributed by atoms with Crippen molar-refractivity contribution in [3.05, 3.63) is 63.7 Å². The number of aromatic nitrogens is 1. The lowest BCUT2D eigenvalue weighted by Gasteiger charge is -2.32. The highest BCUT2D eigenvalue weighted by Gasteiger charge is 2.26. The molecule has 2 heterocycles. The van der Waals surface area contributed by atoms with Crippen molar-refractivity contribution in [2.75, 3.05) is 18.0 Å². The van der Waals surface area contributed by atoms with E-state index in [-0.39, 0.29) is 15.2 Å². The Balaban J connectivity index is 1.91. The topological polar surface area (TPSA) is 59.4 Å². The van der Waals surface area contributed by atoms with Gasteiger partial charge in [0.15, 0.2) is 0 Å². The zero-order chi connectivity index (χ0) is 24.6. The predicted octanol–water partition coefficient (Wildman–Crippen LogP) is 5.63. The molecule has 1 aliphatic rings. The van der Waals surface area contributed by atoms with Crippen LogP contribution in [-0.4, -0.2) is 26.1 Å². The second-order valence-electron chi connectivity index (χ2n) is 9.61. The van der Waals surface area contributed by atoms with Gasteiger partial charge in [-0.15, -0.1) is 0 Å². The van der Waals surface area contributed by atoms with Gasteiger partial charge in [-0.25, -0.2) is 12.8 Å².